The van der Waals surface area contributed by atoms with Crippen molar-refractivity contribution in [1.29, 1.82) is 5.26 Å². The number of aryl methyl sites for hydroxylation is 2. The van der Waals surface area contributed by atoms with E-state index >= 15 is 0 Å². The summed E-state index contributed by atoms with van der Waals surface area (Å²) in [6.45, 7) is 2.61. The van der Waals surface area contributed by atoms with Crippen LogP contribution in [0.25, 0.3) is 0 Å². The largest absolute Gasteiger partial charge is 0.381 e. The van der Waals surface area contributed by atoms with Crippen LogP contribution in [0.15, 0.2) is 6.07 Å². The van der Waals surface area contributed by atoms with E-state index in [0.717, 1.165) is 57.7 Å². The molecule has 1 N–H and O–H groups in total. The summed E-state index contributed by atoms with van der Waals surface area (Å²) >= 11 is 0. The molecule has 0 saturated carbocycles. The molecule has 4 nitrogen and oxygen atoms in total. The Bertz CT molecular complexity index is 501. The van der Waals surface area contributed by atoms with Crippen molar-refractivity contribution in [3.05, 3.63) is 22.9 Å². The lowest BCUT2D eigenvalue weighted by Gasteiger charge is -2.22. The zero-order valence-corrected chi connectivity index (χ0v) is 11.1. The van der Waals surface area contributed by atoms with Gasteiger partial charge in [0.05, 0.1) is 5.56 Å². The smallest absolute Gasteiger partial charge is 0.144 e. The second-order valence-electron chi connectivity index (χ2n) is 5.39. The number of ether oxygens (including phenoxy) is 1. The summed E-state index contributed by atoms with van der Waals surface area (Å²) in [5, 5.41) is 12.6. The fourth-order valence-electron chi connectivity index (χ4n) is 2.88. The van der Waals surface area contributed by atoms with Gasteiger partial charge in [0.15, 0.2) is 0 Å². The van der Waals surface area contributed by atoms with Gasteiger partial charge in [0.1, 0.15) is 11.9 Å². The van der Waals surface area contributed by atoms with E-state index < -0.39 is 0 Å². The minimum absolute atomic E-state index is 0.635. The molecule has 2 aliphatic rings. The third-order valence-corrected chi connectivity index (χ3v) is 4.07. The maximum atomic E-state index is 9.24. The number of anilines is 1. The van der Waals surface area contributed by atoms with Gasteiger partial charge in [0, 0.05) is 25.5 Å². The molecule has 1 aromatic rings. The highest BCUT2D eigenvalue weighted by Crippen LogP contribution is 2.25. The summed E-state index contributed by atoms with van der Waals surface area (Å²) in [4.78, 5) is 4.64. The van der Waals surface area contributed by atoms with E-state index in [1.54, 1.807) is 0 Å². The maximum Gasteiger partial charge on any atom is 0.144 e. The Morgan fingerprint density at radius 2 is 2.21 bits per heavy atom. The molecule has 1 aliphatic heterocycles. The highest BCUT2D eigenvalue weighted by Gasteiger charge is 2.18. The molecule has 0 unspecified atom stereocenters. The van der Waals surface area contributed by atoms with Gasteiger partial charge in [-0.1, -0.05) is 0 Å². The second kappa shape index (κ2) is 5.58. The van der Waals surface area contributed by atoms with Crippen molar-refractivity contribution in [2.24, 2.45) is 5.92 Å². The minimum Gasteiger partial charge on any atom is -0.381 e. The van der Waals surface area contributed by atoms with Crippen LogP contribution in [0.4, 0.5) is 5.82 Å². The first-order valence-electron chi connectivity index (χ1n) is 7.11. The Balaban J connectivity index is 1.71. The van der Waals surface area contributed by atoms with Crippen LogP contribution in [0.5, 0.6) is 0 Å². The number of hydrogen-bond acceptors (Lipinski definition) is 4. The van der Waals surface area contributed by atoms with Crippen LogP contribution in [-0.4, -0.2) is 24.7 Å². The minimum atomic E-state index is 0.635. The molecule has 3 rings (SSSR count). The van der Waals surface area contributed by atoms with Crippen LogP contribution in [0, 0.1) is 17.2 Å². The van der Waals surface area contributed by atoms with Crippen molar-refractivity contribution >= 4 is 5.82 Å². The van der Waals surface area contributed by atoms with Crippen molar-refractivity contribution in [2.45, 2.75) is 32.1 Å². The van der Waals surface area contributed by atoms with Crippen molar-refractivity contribution in [3.63, 3.8) is 0 Å². The van der Waals surface area contributed by atoms with E-state index in [1.165, 1.54) is 11.3 Å². The molecule has 1 aromatic heterocycles. The van der Waals surface area contributed by atoms with Crippen LogP contribution in [0.3, 0.4) is 0 Å². The van der Waals surface area contributed by atoms with Gasteiger partial charge < -0.3 is 10.1 Å². The van der Waals surface area contributed by atoms with E-state index in [-0.39, 0.29) is 0 Å². The predicted octanol–water partition coefficient (Wildman–Crippen LogP) is 2.28. The third-order valence-electron chi connectivity index (χ3n) is 4.07. The molecule has 0 radical (unpaired) electrons. The Morgan fingerprint density at radius 3 is 3.00 bits per heavy atom. The van der Waals surface area contributed by atoms with Crippen molar-refractivity contribution in [3.8, 4) is 6.07 Å². The molecular formula is C15H19N3O. The Morgan fingerprint density at radius 1 is 1.37 bits per heavy atom. The lowest BCUT2D eigenvalue weighted by atomic mass is 10.0. The highest BCUT2D eigenvalue weighted by atomic mass is 16.5. The molecule has 2 heterocycles. The monoisotopic (exact) mass is 257 g/mol. The van der Waals surface area contributed by atoms with E-state index in [2.05, 4.69) is 16.4 Å². The summed E-state index contributed by atoms with van der Waals surface area (Å²) in [5.74, 6) is 1.41. The number of nitriles is 1. The highest BCUT2D eigenvalue weighted by molar-refractivity contribution is 5.55. The lowest BCUT2D eigenvalue weighted by molar-refractivity contribution is 0.0699. The molecule has 0 atom stereocenters. The number of pyridine rings is 1. The number of fused-ring (bicyclic) bond motifs is 1. The first-order valence-corrected chi connectivity index (χ1v) is 7.11. The van der Waals surface area contributed by atoms with Gasteiger partial charge in [-0.25, -0.2) is 4.98 Å². The first-order chi connectivity index (χ1) is 9.36. The van der Waals surface area contributed by atoms with Crippen LogP contribution in [-0.2, 0) is 17.6 Å². The Labute approximate surface area is 113 Å². The molecule has 0 aromatic carbocycles. The summed E-state index contributed by atoms with van der Waals surface area (Å²) < 4.78 is 5.36. The average Bonchev–Trinajstić information content (AvgIpc) is 2.92. The number of rotatable bonds is 3. The number of hydrogen-bond donors (Lipinski definition) is 1. The number of nitrogens with zero attached hydrogens (tertiary/aromatic N) is 2. The van der Waals surface area contributed by atoms with E-state index in [1.807, 2.05) is 6.07 Å². The molecule has 0 amide bonds. The molecule has 4 heteroatoms. The normalized spacial score (nSPS) is 18.9. The standard InChI is InChI=1S/C15H19N3O/c16-9-13-8-12-2-1-3-14(12)18-15(13)17-10-11-4-6-19-7-5-11/h8,11H,1-7,10H2,(H,17,18). The molecule has 1 saturated heterocycles. The van der Waals surface area contributed by atoms with Gasteiger partial charge >= 0.3 is 0 Å². The Kier molecular flexibility index (Phi) is 3.65. The molecule has 0 spiro atoms. The van der Waals surface area contributed by atoms with Crippen LogP contribution in [0.2, 0.25) is 0 Å². The van der Waals surface area contributed by atoms with Gasteiger partial charge in [-0.15, -0.1) is 0 Å². The van der Waals surface area contributed by atoms with Crippen LogP contribution < -0.4 is 5.32 Å². The molecule has 1 fully saturated rings. The van der Waals surface area contributed by atoms with Crippen molar-refractivity contribution < 1.29 is 4.74 Å². The van der Waals surface area contributed by atoms with Gasteiger partial charge in [0.2, 0.25) is 0 Å². The van der Waals surface area contributed by atoms with Crippen LogP contribution in [0.1, 0.15) is 36.1 Å². The summed E-state index contributed by atoms with van der Waals surface area (Å²) in [6, 6.07) is 4.28. The summed E-state index contributed by atoms with van der Waals surface area (Å²) in [7, 11) is 0. The van der Waals surface area contributed by atoms with E-state index in [0.29, 0.717) is 11.5 Å². The number of aromatic nitrogens is 1. The second-order valence-corrected chi connectivity index (χ2v) is 5.39. The quantitative estimate of drug-likeness (QED) is 0.902. The maximum absolute atomic E-state index is 9.24. The first kappa shape index (κ1) is 12.4. The SMILES string of the molecule is N#Cc1cc2c(nc1NCC1CCOCC1)CCC2. The fourth-order valence-corrected chi connectivity index (χ4v) is 2.88. The van der Waals surface area contributed by atoms with Gasteiger partial charge in [-0.2, -0.15) is 5.26 Å². The van der Waals surface area contributed by atoms with E-state index in [9.17, 15) is 5.26 Å². The molecular weight excluding hydrogens is 238 g/mol. The summed E-state index contributed by atoms with van der Waals surface area (Å²) in [5.41, 5.74) is 3.12. The van der Waals surface area contributed by atoms with Crippen LogP contribution >= 0.6 is 0 Å². The average molecular weight is 257 g/mol. The molecule has 0 bridgehead atoms. The molecule has 19 heavy (non-hydrogen) atoms. The molecule has 1 aliphatic carbocycles. The lowest BCUT2D eigenvalue weighted by Crippen LogP contribution is -2.23. The number of nitrogens with one attached hydrogen (secondary N) is 1. The Hall–Kier alpha value is -1.60. The molecule has 100 valence electrons. The predicted molar refractivity (Wildman–Crippen MR) is 73.0 cm³/mol. The van der Waals surface area contributed by atoms with Crippen molar-refractivity contribution in [2.75, 3.05) is 25.1 Å². The third kappa shape index (κ3) is 2.71. The topological polar surface area (TPSA) is 57.9 Å². The van der Waals surface area contributed by atoms with E-state index in [4.69, 9.17) is 4.74 Å². The fraction of sp³-hybridized carbons (Fsp3) is 0.600. The van der Waals surface area contributed by atoms with Gasteiger partial charge in [-0.3, -0.25) is 0 Å². The van der Waals surface area contributed by atoms with Crippen molar-refractivity contribution in [1.82, 2.24) is 4.98 Å². The summed E-state index contributed by atoms with van der Waals surface area (Å²) in [6.07, 6.45) is 5.47. The van der Waals surface area contributed by atoms with Gasteiger partial charge in [-0.05, 0) is 49.7 Å². The zero-order valence-electron chi connectivity index (χ0n) is 11.1. The van der Waals surface area contributed by atoms with Gasteiger partial charge in [0.25, 0.3) is 0 Å². The zero-order chi connectivity index (χ0) is 13.1.